The average Bonchev–Trinajstić information content (AvgIpc) is 2.46. The van der Waals surface area contributed by atoms with Gasteiger partial charge in [-0.15, -0.1) is 0 Å². The third-order valence-electron chi connectivity index (χ3n) is 2.13. The highest BCUT2D eigenvalue weighted by Crippen LogP contribution is 2.21. The standard InChI is InChI=1S/C8H12FNO3/c1-5(11)10-4-6(9)3-7(10)8(12)13-2/h6-7H,3-4H2,1-2H3/t6-,7+/m0/s1. The summed E-state index contributed by atoms with van der Waals surface area (Å²) in [5.41, 5.74) is 0. The molecule has 2 atom stereocenters. The number of nitrogens with zero attached hydrogens (tertiary/aromatic N) is 1. The van der Waals surface area contributed by atoms with Crippen molar-refractivity contribution >= 4 is 11.9 Å². The van der Waals surface area contributed by atoms with Gasteiger partial charge >= 0.3 is 5.97 Å². The molecule has 1 amide bonds. The summed E-state index contributed by atoms with van der Waals surface area (Å²) in [6.45, 7) is 1.31. The smallest absolute Gasteiger partial charge is 0.328 e. The van der Waals surface area contributed by atoms with Crippen LogP contribution >= 0.6 is 0 Å². The van der Waals surface area contributed by atoms with E-state index in [4.69, 9.17) is 0 Å². The highest BCUT2D eigenvalue weighted by molar-refractivity contribution is 5.84. The normalized spacial score (nSPS) is 27.5. The Bertz CT molecular complexity index is 231. The Labute approximate surface area is 75.6 Å². The molecule has 0 aromatic rings. The van der Waals surface area contributed by atoms with Crippen molar-refractivity contribution in [2.75, 3.05) is 13.7 Å². The summed E-state index contributed by atoms with van der Waals surface area (Å²) in [6, 6.07) is -0.738. The molecule has 0 bridgehead atoms. The molecule has 5 heteroatoms. The number of amides is 1. The van der Waals surface area contributed by atoms with Crippen LogP contribution < -0.4 is 0 Å². The van der Waals surface area contributed by atoms with Crippen molar-refractivity contribution in [3.63, 3.8) is 0 Å². The minimum atomic E-state index is -1.12. The number of alkyl halides is 1. The number of ether oxygens (including phenoxy) is 1. The molecule has 1 aliphatic rings. The van der Waals surface area contributed by atoms with Crippen molar-refractivity contribution in [1.82, 2.24) is 4.90 Å². The summed E-state index contributed by atoms with van der Waals surface area (Å²) >= 11 is 0. The first-order valence-corrected chi connectivity index (χ1v) is 4.05. The van der Waals surface area contributed by atoms with Crippen LogP contribution in [0, 0.1) is 0 Å². The molecule has 13 heavy (non-hydrogen) atoms. The molecule has 0 aliphatic carbocycles. The number of hydrogen-bond acceptors (Lipinski definition) is 3. The predicted octanol–water partition coefficient (Wildman–Crippen LogP) is 0.118. The van der Waals surface area contributed by atoms with E-state index in [-0.39, 0.29) is 18.9 Å². The minimum absolute atomic E-state index is 0.00486. The quantitative estimate of drug-likeness (QED) is 0.550. The van der Waals surface area contributed by atoms with E-state index in [1.807, 2.05) is 0 Å². The first kappa shape index (κ1) is 9.95. The number of carbonyl (C=O) groups is 2. The number of hydrogen-bond donors (Lipinski definition) is 0. The van der Waals surface area contributed by atoms with Gasteiger partial charge in [0.15, 0.2) is 0 Å². The minimum Gasteiger partial charge on any atom is -0.467 e. The van der Waals surface area contributed by atoms with Crippen molar-refractivity contribution in [2.45, 2.75) is 25.6 Å². The number of likely N-dealkylation sites (tertiary alicyclic amines) is 1. The number of carbonyl (C=O) groups excluding carboxylic acids is 2. The Morgan fingerprint density at radius 2 is 2.15 bits per heavy atom. The molecule has 1 heterocycles. The van der Waals surface area contributed by atoms with Gasteiger partial charge in [0, 0.05) is 13.3 Å². The second-order valence-electron chi connectivity index (χ2n) is 3.04. The van der Waals surface area contributed by atoms with E-state index in [2.05, 4.69) is 4.74 Å². The van der Waals surface area contributed by atoms with Crippen LogP contribution in [0.5, 0.6) is 0 Å². The molecular weight excluding hydrogens is 177 g/mol. The first-order chi connectivity index (χ1) is 6.06. The van der Waals surface area contributed by atoms with Crippen LogP contribution in [0.15, 0.2) is 0 Å². The van der Waals surface area contributed by atoms with Gasteiger partial charge in [-0.2, -0.15) is 0 Å². The van der Waals surface area contributed by atoms with Crippen molar-refractivity contribution in [3.8, 4) is 0 Å². The Kier molecular flexibility index (Phi) is 2.85. The monoisotopic (exact) mass is 189 g/mol. The Hall–Kier alpha value is -1.13. The molecule has 0 radical (unpaired) electrons. The van der Waals surface area contributed by atoms with Gasteiger partial charge in [-0.05, 0) is 0 Å². The van der Waals surface area contributed by atoms with Crippen LogP contribution in [-0.2, 0) is 14.3 Å². The zero-order valence-corrected chi connectivity index (χ0v) is 7.62. The number of rotatable bonds is 1. The third kappa shape index (κ3) is 1.96. The maximum atomic E-state index is 12.9. The lowest BCUT2D eigenvalue weighted by molar-refractivity contribution is -0.150. The van der Waals surface area contributed by atoms with Crippen LogP contribution in [0.25, 0.3) is 0 Å². The SMILES string of the molecule is COC(=O)[C@H]1C[C@H](F)CN1C(C)=O. The lowest BCUT2D eigenvalue weighted by Crippen LogP contribution is -2.39. The van der Waals surface area contributed by atoms with Gasteiger partial charge < -0.3 is 9.64 Å². The summed E-state index contributed by atoms with van der Waals surface area (Å²) in [6.07, 6.45) is -1.07. The van der Waals surface area contributed by atoms with Gasteiger partial charge in [-0.3, -0.25) is 4.79 Å². The number of esters is 1. The molecule has 74 valence electrons. The fraction of sp³-hybridized carbons (Fsp3) is 0.750. The third-order valence-corrected chi connectivity index (χ3v) is 2.13. The van der Waals surface area contributed by atoms with E-state index in [0.717, 1.165) is 0 Å². The number of halogens is 1. The second kappa shape index (κ2) is 3.72. The Morgan fingerprint density at radius 1 is 1.54 bits per heavy atom. The van der Waals surface area contributed by atoms with Gasteiger partial charge in [0.05, 0.1) is 13.7 Å². The zero-order chi connectivity index (χ0) is 10.0. The summed E-state index contributed by atoms with van der Waals surface area (Å²) < 4.78 is 17.3. The van der Waals surface area contributed by atoms with Gasteiger partial charge in [0.25, 0.3) is 0 Å². The van der Waals surface area contributed by atoms with E-state index >= 15 is 0 Å². The Morgan fingerprint density at radius 3 is 2.62 bits per heavy atom. The van der Waals surface area contributed by atoms with Crippen LogP contribution in [0.1, 0.15) is 13.3 Å². The molecule has 0 aromatic carbocycles. The second-order valence-corrected chi connectivity index (χ2v) is 3.04. The van der Waals surface area contributed by atoms with Crippen molar-refractivity contribution in [1.29, 1.82) is 0 Å². The summed E-state index contributed by atoms with van der Waals surface area (Å²) in [5, 5.41) is 0. The van der Waals surface area contributed by atoms with E-state index in [1.54, 1.807) is 0 Å². The highest BCUT2D eigenvalue weighted by Gasteiger charge is 2.38. The highest BCUT2D eigenvalue weighted by atomic mass is 19.1. The molecule has 0 spiro atoms. The molecule has 1 fully saturated rings. The lowest BCUT2D eigenvalue weighted by atomic mass is 10.2. The van der Waals surface area contributed by atoms with Gasteiger partial charge in [-0.25, -0.2) is 9.18 Å². The number of methoxy groups -OCH3 is 1. The largest absolute Gasteiger partial charge is 0.467 e. The van der Waals surface area contributed by atoms with Crippen molar-refractivity contribution < 1.29 is 18.7 Å². The topological polar surface area (TPSA) is 46.6 Å². The van der Waals surface area contributed by atoms with Crippen LogP contribution in [0.4, 0.5) is 4.39 Å². The van der Waals surface area contributed by atoms with E-state index in [9.17, 15) is 14.0 Å². The molecule has 1 saturated heterocycles. The molecule has 1 aliphatic heterocycles. The molecule has 0 saturated carbocycles. The van der Waals surface area contributed by atoms with Crippen LogP contribution in [0.2, 0.25) is 0 Å². The van der Waals surface area contributed by atoms with E-state index in [0.29, 0.717) is 0 Å². The fourth-order valence-corrected chi connectivity index (χ4v) is 1.49. The molecule has 4 nitrogen and oxygen atoms in total. The van der Waals surface area contributed by atoms with E-state index < -0.39 is 18.2 Å². The Balaban J connectivity index is 2.71. The van der Waals surface area contributed by atoms with Crippen LogP contribution in [0.3, 0.4) is 0 Å². The molecule has 0 N–H and O–H groups in total. The summed E-state index contributed by atoms with van der Waals surface area (Å²) in [5.74, 6) is -0.842. The maximum Gasteiger partial charge on any atom is 0.328 e. The van der Waals surface area contributed by atoms with Gasteiger partial charge in [-0.1, -0.05) is 0 Å². The fourth-order valence-electron chi connectivity index (χ4n) is 1.49. The molecule has 0 aromatic heterocycles. The molecule has 0 unspecified atom stereocenters. The van der Waals surface area contributed by atoms with Gasteiger partial charge in [0.2, 0.25) is 5.91 Å². The van der Waals surface area contributed by atoms with Crippen molar-refractivity contribution in [3.05, 3.63) is 0 Å². The lowest BCUT2D eigenvalue weighted by Gasteiger charge is -2.19. The first-order valence-electron chi connectivity index (χ1n) is 4.05. The summed E-state index contributed by atoms with van der Waals surface area (Å²) in [4.78, 5) is 23.3. The maximum absolute atomic E-state index is 12.9. The van der Waals surface area contributed by atoms with Crippen LogP contribution in [-0.4, -0.2) is 42.6 Å². The van der Waals surface area contributed by atoms with E-state index in [1.165, 1.54) is 18.9 Å². The average molecular weight is 189 g/mol. The predicted molar refractivity (Wildman–Crippen MR) is 42.7 cm³/mol. The zero-order valence-electron chi connectivity index (χ0n) is 7.62. The molecule has 1 rings (SSSR count). The summed E-state index contributed by atoms with van der Waals surface area (Å²) in [7, 11) is 1.23. The molecular formula is C8H12FNO3. The van der Waals surface area contributed by atoms with Gasteiger partial charge in [0.1, 0.15) is 12.2 Å². The van der Waals surface area contributed by atoms with Crippen molar-refractivity contribution in [2.24, 2.45) is 0 Å².